The average molecular weight is 526 g/mol. The van der Waals surface area contributed by atoms with Gasteiger partial charge in [-0.3, -0.25) is 9.59 Å². The van der Waals surface area contributed by atoms with Gasteiger partial charge in [0.15, 0.2) is 0 Å². The Morgan fingerprint density at radius 1 is 1.05 bits per heavy atom. The fraction of sp³-hybridized carbons (Fsp3) is 0.333. The minimum absolute atomic E-state index is 0.0550. The highest BCUT2D eigenvalue weighted by Gasteiger charge is 2.46. The molecule has 1 fully saturated rings. The van der Waals surface area contributed by atoms with E-state index in [9.17, 15) is 14.7 Å². The maximum Gasteiger partial charge on any atom is 0.295 e. The highest BCUT2D eigenvalue weighted by Crippen LogP contribution is 2.41. The molecule has 2 aliphatic rings. The Morgan fingerprint density at radius 2 is 1.85 bits per heavy atom. The Balaban J connectivity index is 1.53. The van der Waals surface area contributed by atoms with E-state index in [1.165, 1.54) is 0 Å². The fourth-order valence-electron chi connectivity index (χ4n) is 5.26. The van der Waals surface area contributed by atoms with E-state index in [1.807, 2.05) is 73.7 Å². The number of aliphatic hydroxyl groups is 1. The summed E-state index contributed by atoms with van der Waals surface area (Å²) in [6.45, 7) is 7.19. The molecular weight excluding hydrogens is 490 g/mol. The van der Waals surface area contributed by atoms with Crippen LogP contribution >= 0.6 is 0 Å². The Kier molecular flexibility index (Phi) is 7.73. The lowest BCUT2D eigenvalue weighted by Gasteiger charge is -2.26. The number of hydrogen-bond acceptors (Lipinski definition) is 5. The minimum Gasteiger partial charge on any atom is -0.507 e. The van der Waals surface area contributed by atoms with Crippen molar-refractivity contribution < 1.29 is 24.2 Å². The molecular formula is C33H35NO5. The van der Waals surface area contributed by atoms with Crippen molar-refractivity contribution in [3.63, 3.8) is 0 Å². The summed E-state index contributed by atoms with van der Waals surface area (Å²) in [5.41, 5.74) is 3.36. The lowest BCUT2D eigenvalue weighted by molar-refractivity contribution is -0.139. The normalized spacial score (nSPS) is 19.8. The Morgan fingerprint density at radius 3 is 2.62 bits per heavy atom. The monoisotopic (exact) mass is 525 g/mol. The zero-order valence-corrected chi connectivity index (χ0v) is 22.7. The van der Waals surface area contributed by atoms with Crippen molar-refractivity contribution in [2.24, 2.45) is 5.92 Å². The molecule has 0 aromatic heterocycles. The molecule has 1 amide bonds. The quantitative estimate of drug-likeness (QED) is 0.208. The molecule has 2 atom stereocenters. The molecule has 39 heavy (non-hydrogen) atoms. The van der Waals surface area contributed by atoms with Crippen molar-refractivity contribution in [1.29, 1.82) is 0 Å². The van der Waals surface area contributed by atoms with E-state index >= 15 is 0 Å². The van der Waals surface area contributed by atoms with Crippen LogP contribution in [0.2, 0.25) is 0 Å². The van der Waals surface area contributed by atoms with E-state index in [1.54, 1.807) is 11.0 Å². The van der Waals surface area contributed by atoms with Crippen molar-refractivity contribution >= 4 is 17.4 Å². The summed E-state index contributed by atoms with van der Waals surface area (Å²) in [6.07, 6.45) is 2.28. The number of likely N-dealkylation sites (tertiary alicyclic amines) is 1. The largest absolute Gasteiger partial charge is 0.507 e. The number of Topliss-reactive ketones (excluding diaryl/α,β-unsaturated/α-hetero) is 1. The zero-order chi connectivity index (χ0) is 27.5. The standard InChI is InChI=1S/C33H35NO5/c1-21(2)15-17-38-27-11-7-10-24(20-27)30-29(31(35)25-12-13-28-26(19-25)18-22(3)39-28)32(36)33(37)34(30)16-14-23-8-5-4-6-9-23/h4-13,19-22,30,35H,14-18H2,1-3H3/t22-,30+/m0/s1. The predicted octanol–water partition coefficient (Wildman–Crippen LogP) is 6.10. The van der Waals surface area contributed by atoms with Crippen molar-refractivity contribution in [3.8, 4) is 11.5 Å². The van der Waals surface area contributed by atoms with Crippen molar-refractivity contribution in [1.82, 2.24) is 4.90 Å². The molecule has 202 valence electrons. The third-order valence-corrected chi connectivity index (χ3v) is 7.33. The molecule has 0 spiro atoms. The van der Waals surface area contributed by atoms with E-state index in [4.69, 9.17) is 9.47 Å². The number of nitrogens with zero attached hydrogens (tertiary/aromatic N) is 1. The first kappa shape index (κ1) is 26.5. The summed E-state index contributed by atoms with van der Waals surface area (Å²) in [7, 11) is 0. The summed E-state index contributed by atoms with van der Waals surface area (Å²) >= 11 is 0. The number of carbonyl (C=O) groups is 2. The second-order valence-corrected chi connectivity index (χ2v) is 10.8. The van der Waals surface area contributed by atoms with Crippen LogP contribution in [0.1, 0.15) is 55.5 Å². The number of ether oxygens (including phenoxy) is 2. The third-order valence-electron chi connectivity index (χ3n) is 7.33. The lowest BCUT2D eigenvalue weighted by Crippen LogP contribution is -2.31. The van der Waals surface area contributed by atoms with Gasteiger partial charge in [-0.1, -0.05) is 56.3 Å². The van der Waals surface area contributed by atoms with Gasteiger partial charge < -0.3 is 19.5 Å². The van der Waals surface area contributed by atoms with Crippen LogP contribution in [0.3, 0.4) is 0 Å². The molecule has 6 heteroatoms. The molecule has 5 rings (SSSR count). The summed E-state index contributed by atoms with van der Waals surface area (Å²) in [5.74, 6) is 0.507. The van der Waals surface area contributed by atoms with Gasteiger partial charge in [0.05, 0.1) is 18.2 Å². The van der Waals surface area contributed by atoms with E-state index in [2.05, 4.69) is 13.8 Å². The van der Waals surface area contributed by atoms with Gasteiger partial charge in [0.1, 0.15) is 23.4 Å². The van der Waals surface area contributed by atoms with Crippen LogP contribution in [0.5, 0.6) is 11.5 Å². The molecule has 0 aliphatic carbocycles. The Labute approximate surface area is 229 Å². The van der Waals surface area contributed by atoms with Crippen LogP contribution in [-0.2, 0) is 22.4 Å². The summed E-state index contributed by atoms with van der Waals surface area (Å²) in [4.78, 5) is 28.5. The highest BCUT2D eigenvalue weighted by molar-refractivity contribution is 6.46. The number of carbonyl (C=O) groups excluding carboxylic acids is 2. The van der Waals surface area contributed by atoms with Gasteiger partial charge in [-0.05, 0) is 72.7 Å². The van der Waals surface area contributed by atoms with Crippen LogP contribution in [0.25, 0.3) is 5.76 Å². The van der Waals surface area contributed by atoms with Crippen molar-refractivity contribution in [2.75, 3.05) is 13.2 Å². The van der Waals surface area contributed by atoms with Crippen LogP contribution in [0, 0.1) is 5.92 Å². The number of hydrogen-bond donors (Lipinski definition) is 1. The topological polar surface area (TPSA) is 76.1 Å². The Bertz CT molecular complexity index is 1390. The number of rotatable bonds is 9. The molecule has 3 aromatic rings. The molecule has 2 heterocycles. The van der Waals surface area contributed by atoms with Gasteiger partial charge in [-0.15, -0.1) is 0 Å². The first-order valence-electron chi connectivity index (χ1n) is 13.7. The van der Waals surface area contributed by atoms with Crippen LogP contribution in [0.4, 0.5) is 0 Å². The van der Waals surface area contributed by atoms with Gasteiger partial charge >= 0.3 is 0 Å². The Hall–Kier alpha value is -4.06. The maximum absolute atomic E-state index is 13.5. The molecule has 0 bridgehead atoms. The van der Waals surface area contributed by atoms with Crippen molar-refractivity contribution in [3.05, 3.63) is 101 Å². The summed E-state index contributed by atoms with van der Waals surface area (Å²) in [5, 5.41) is 11.5. The molecule has 6 nitrogen and oxygen atoms in total. The molecule has 2 aliphatic heterocycles. The first-order chi connectivity index (χ1) is 18.8. The number of ketones is 1. The van der Waals surface area contributed by atoms with E-state index in [0.29, 0.717) is 36.8 Å². The van der Waals surface area contributed by atoms with E-state index < -0.39 is 17.7 Å². The number of amides is 1. The number of fused-ring (bicyclic) bond motifs is 1. The van der Waals surface area contributed by atoms with Gasteiger partial charge in [0.2, 0.25) is 0 Å². The van der Waals surface area contributed by atoms with Gasteiger partial charge in [0.25, 0.3) is 11.7 Å². The fourth-order valence-corrected chi connectivity index (χ4v) is 5.26. The minimum atomic E-state index is -0.731. The van der Waals surface area contributed by atoms with Crippen molar-refractivity contribution in [2.45, 2.75) is 52.2 Å². The van der Waals surface area contributed by atoms with Crippen LogP contribution in [-0.4, -0.2) is 41.0 Å². The average Bonchev–Trinajstić information content (AvgIpc) is 3.42. The van der Waals surface area contributed by atoms with Gasteiger partial charge in [-0.25, -0.2) is 0 Å². The molecule has 1 saturated heterocycles. The highest BCUT2D eigenvalue weighted by atomic mass is 16.5. The maximum atomic E-state index is 13.5. The van der Waals surface area contributed by atoms with Crippen LogP contribution < -0.4 is 9.47 Å². The number of benzene rings is 3. The molecule has 3 aromatic carbocycles. The van der Waals surface area contributed by atoms with E-state index in [-0.39, 0.29) is 17.4 Å². The second-order valence-electron chi connectivity index (χ2n) is 10.8. The predicted molar refractivity (Wildman–Crippen MR) is 151 cm³/mol. The van der Waals surface area contributed by atoms with Crippen LogP contribution in [0.15, 0.2) is 78.4 Å². The summed E-state index contributed by atoms with van der Waals surface area (Å²) < 4.78 is 11.8. The third kappa shape index (κ3) is 5.70. The smallest absolute Gasteiger partial charge is 0.295 e. The van der Waals surface area contributed by atoms with Gasteiger partial charge in [0, 0.05) is 18.5 Å². The SMILES string of the molecule is CC(C)CCOc1cccc([C@@H]2C(=C(O)c3ccc4c(c3)C[C@H](C)O4)C(=O)C(=O)N2CCc2ccccc2)c1. The molecule has 0 unspecified atom stereocenters. The second kappa shape index (κ2) is 11.4. The first-order valence-corrected chi connectivity index (χ1v) is 13.7. The summed E-state index contributed by atoms with van der Waals surface area (Å²) in [6, 6.07) is 22.0. The molecule has 1 N–H and O–H groups in total. The number of aliphatic hydroxyl groups excluding tert-OH is 1. The van der Waals surface area contributed by atoms with Gasteiger partial charge in [-0.2, -0.15) is 0 Å². The van der Waals surface area contributed by atoms with E-state index in [0.717, 1.165) is 35.3 Å². The molecule has 0 saturated carbocycles. The lowest BCUT2D eigenvalue weighted by atomic mass is 9.94. The zero-order valence-electron chi connectivity index (χ0n) is 22.7. The molecule has 0 radical (unpaired) electrons.